The molecule has 4 heteroatoms. The molecular weight excluding hydrogens is 148 g/mol. The lowest BCUT2D eigenvalue weighted by Crippen LogP contribution is -2.24. The average Bonchev–Trinajstić information content (AvgIpc) is 1.84. The number of rotatable bonds is 4. The Bertz CT molecular complexity index is 162. The molecule has 4 nitrogen and oxygen atoms in total. The quantitative estimate of drug-likeness (QED) is 0.570. The highest BCUT2D eigenvalue weighted by Crippen LogP contribution is 2.05. The van der Waals surface area contributed by atoms with Crippen molar-refractivity contribution in [2.75, 3.05) is 0 Å². The van der Waals surface area contributed by atoms with Crippen LogP contribution in [0, 0.1) is 5.92 Å². The second-order valence-electron chi connectivity index (χ2n) is 2.57. The zero-order valence-electron chi connectivity index (χ0n) is 6.57. The summed E-state index contributed by atoms with van der Waals surface area (Å²) in [6.07, 6.45) is -1.28. The molecule has 0 spiro atoms. The third-order valence-electron chi connectivity index (χ3n) is 1.56. The molecule has 0 aromatic rings. The summed E-state index contributed by atoms with van der Waals surface area (Å²) >= 11 is 0. The van der Waals surface area contributed by atoms with Gasteiger partial charge in [0.1, 0.15) is 12.2 Å². The van der Waals surface area contributed by atoms with Crippen LogP contribution >= 0.6 is 0 Å². The minimum absolute atomic E-state index is 0.437. The molecule has 0 aromatic carbocycles. The maximum Gasteiger partial charge on any atom is 0.310 e. The summed E-state index contributed by atoms with van der Waals surface area (Å²) in [5.41, 5.74) is 0. The van der Waals surface area contributed by atoms with Crippen LogP contribution in [0.5, 0.6) is 0 Å². The Labute approximate surface area is 64.8 Å². The minimum Gasteiger partial charge on any atom is -0.481 e. The van der Waals surface area contributed by atoms with Crippen molar-refractivity contribution in [2.45, 2.75) is 26.4 Å². The van der Waals surface area contributed by atoms with Crippen molar-refractivity contribution >= 4 is 11.8 Å². The van der Waals surface area contributed by atoms with Crippen LogP contribution < -0.4 is 0 Å². The fourth-order valence-corrected chi connectivity index (χ4v) is 0.579. The van der Waals surface area contributed by atoms with Crippen molar-refractivity contribution in [3.63, 3.8) is 0 Å². The Morgan fingerprint density at radius 3 is 2.09 bits per heavy atom. The number of aliphatic hydroxyl groups is 1. The molecule has 0 heterocycles. The van der Waals surface area contributed by atoms with Crippen molar-refractivity contribution in [3.05, 3.63) is 0 Å². The summed E-state index contributed by atoms with van der Waals surface area (Å²) in [6, 6.07) is 0. The number of aliphatic carboxylic acids is 1. The summed E-state index contributed by atoms with van der Waals surface area (Å²) < 4.78 is 0. The number of carbonyl (C=O) groups is 2. The van der Waals surface area contributed by atoms with Crippen molar-refractivity contribution < 1.29 is 19.8 Å². The van der Waals surface area contributed by atoms with E-state index < -0.39 is 30.2 Å². The van der Waals surface area contributed by atoms with Crippen LogP contribution in [0.2, 0.25) is 0 Å². The van der Waals surface area contributed by atoms with E-state index in [1.54, 1.807) is 0 Å². The monoisotopic (exact) mass is 160 g/mol. The summed E-state index contributed by atoms with van der Waals surface area (Å²) in [7, 11) is 0. The fourth-order valence-electron chi connectivity index (χ4n) is 0.579. The van der Waals surface area contributed by atoms with Gasteiger partial charge in [0, 0.05) is 5.92 Å². The van der Waals surface area contributed by atoms with E-state index in [1.165, 1.54) is 13.8 Å². The van der Waals surface area contributed by atoms with Gasteiger partial charge in [-0.2, -0.15) is 0 Å². The zero-order chi connectivity index (χ0) is 9.02. The van der Waals surface area contributed by atoms with Gasteiger partial charge in [0.05, 0.1) is 6.10 Å². The van der Waals surface area contributed by atoms with Crippen LogP contribution in [0.25, 0.3) is 0 Å². The zero-order valence-corrected chi connectivity index (χ0v) is 6.57. The largest absolute Gasteiger partial charge is 0.481 e. The maximum atomic E-state index is 10.9. The van der Waals surface area contributed by atoms with Crippen LogP contribution in [0.1, 0.15) is 20.3 Å². The van der Waals surface area contributed by atoms with Gasteiger partial charge in [0.25, 0.3) is 0 Å². The van der Waals surface area contributed by atoms with Crippen LogP contribution in [0.15, 0.2) is 0 Å². The highest BCUT2D eigenvalue weighted by atomic mass is 16.4. The number of carboxylic acids is 1. The SMILES string of the molecule is CC(O)C(C)C(=O)CC(=O)O. The summed E-state index contributed by atoms with van der Waals surface area (Å²) in [6.45, 7) is 2.97. The number of ketones is 1. The van der Waals surface area contributed by atoms with E-state index in [0.29, 0.717) is 0 Å². The third-order valence-corrected chi connectivity index (χ3v) is 1.56. The number of aliphatic hydroxyl groups excluding tert-OH is 1. The van der Waals surface area contributed by atoms with Gasteiger partial charge in [0.2, 0.25) is 0 Å². The molecule has 0 rings (SSSR count). The van der Waals surface area contributed by atoms with Gasteiger partial charge in [-0.1, -0.05) is 6.92 Å². The molecule has 11 heavy (non-hydrogen) atoms. The van der Waals surface area contributed by atoms with Crippen LogP contribution in [-0.2, 0) is 9.59 Å². The topological polar surface area (TPSA) is 74.6 Å². The van der Waals surface area contributed by atoms with Crippen molar-refractivity contribution in [1.29, 1.82) is 0 Å². The van der Waals surface area contributed by atoms with Gasteiger partial charge in [-0.25, -0.2) is 0 Å². The summed E-state index contributed by atoms with van der Waals surface area (Å²) in [5.74, 6) is -2.18. The van der Waals surface area contributed by atoms with Crippen LogP contribution in [0.4, 0.5) is 0 Å². The molecule has 0 bridgehead atoms. The van der Waals surface area contributed by atoms with Crippen molar-refractivity contribution in [3.8, 4) is 0 Å². The van der Waals surface area contributed by atoms with Crippen LogP contribution in [-0.4, -0.2) is 28.1 Å². The molecule has 0 aliphatic rings. The Morgan fingerprint density at radius 1 is 1.36 bits per heavy atom. The highest BCUT2D eigenvalue weighted by molar-refractivity contribution is 5.96. The van der Waals surface area contributed by atoms with E-state index >= 15 is 0 Å². The lowest BCUT2D eigenvalue weighted by atomic mass is 9.99. The Morgan fingerprint density at radius 2 is 1.82 bits per heavy atom. The summed E-state index contributed by atoms with van der Waals surface area (Å²) in [4.78, 5) is 20.9. The highest BCUT2D eigenvalue weighted by Gasteiger charge is 2.19. The van der Waals surface area contributed by atoms with Crippen molar-refractivity contribution in [1.82, 2.24) is 0 Å². The molecule has 64 valence electrons. The first kappa shape index (κ1) is 10.1. The van der Waals surface area contributed by atoms with Gasteiger partial charge < -0.3 is 10.2 Å². The van der Waals surface area contributed by atoms with E-state index in [9.17, 15) is 9.59 Å². The van der Waals surface area contributed by atoms with E-state index in [-0.39, 0.29) is 0 Å². The van der Waals surface area contributed by atoms with Crippen molar-refractivity contribution in [2.24, 2.45) is 5.92 Å². The smallest absolute Gasteiger partial charge is 0.310 e. The fraction of sp³-hybridized carbons (Fsp3) is 0.714. The molecule has 0 aliphatic carbocycles. The molecule has 2 unspecified atom stereocenters. The first-order valence-electron chi connectivity index (χ1n) is 3.37. The van der Waals surface area contributed by atoms with Gasteiger partial charge in [0.15, 0.2) is 0 Å². The molecule has 2 atom stereocenters. The molecular formula is C7H12O4. The first-order valence-corrected chi connectivity index (χ1v) is 3.37. The van der Waals surface area contributed by atoms with Crippen LogP contribution in [0.3, 0.4) is 0 Å². The standard InChI is InChI=1S/C7H12O4/c1-4(5(2)8)6(9)3-7(10)11/h4-5,8H,3H2,1-2H3,(H,10,11). The lowest BCUT2D eigenvalue weighted by Gasteiger charge is -2.10. The molecule has 0 aliphatic heterocycles. The molecule has 2 N–H and O–H groups in total. The molecule has 0 aromatic heterocycles. The predicted octanol–water partition coefficient (Wildman–Crippen LogP) is 0.0471. The molecule has 0 saturated heterocycles. The average molecular weight is 160 g/mol. The van der Waals surface area contributed by atoms with Gasteiger partial charge in [-0.3, -0.25) is 9.59 Å². The second kappa shape index (κ2) is 4.08. The summed E-state index contributed by atoms with van der Waals surface area (Å²) in [5, 5.41) is 17.1. The third kappa shape index (κ3) is 3.72. The Hall–Kier alpha value is -0.900. The maximum absolute atomic E-state index is 10.9. The van der Waals surface area contributed by atoms with E-state index in [2.05, 4.69) is 0 Å². The molecule has 0 amide bonds. The Balaban J connectivity index is 3.93. The lowest BCUT2D eigenvalue weighted by molar-refractivity contribution is -0.141. The molecule has 0 radical (unpaired) electrons. The Kier molecular flexibility index (Phi) is 3.74. The normalized spacial score (nSPS) is 15.5. The second-order valence-corrected chi connectivity index (χ2v) is 2.57. The predicted molar refractivity (Wildman–Crippen MR) is 38.1 cm³/mol. The number of Topliss-reactive ketones (excluding diaryl/α,β-unsaturated/α-hetero) is 1. The minimum atomic E-state index is -1.15. The first-order chi connectivity index (χ1) is 4.95. The van der Waals surface area contributed by atoms with Gasteiger partial charge in [-0.05, 0) is 6.92 Å². The van der Waals surface area contributed by atoms with Gasteiger partial charge in [-0.15, -0.1) is 0 Å². The van der Waals surface area contributed by atoms with E-state index in [1.807, 2.05) is 0 Å². The molecule has 0 fully saturated rings. The number of carbonyl (C=O) groups excluding carboxylic acids is 1. The number of carboxylic acid groups (broad SMARTS) is 1. The van der Waals surface area contributed by atoms with E-state index in [0.717, 1.165) is 0 Å². The van der Waals surface area contributed by atoms with Gasteiger partial charge >= 0.3 is 5.97 Å². The molecule has 0 saturated carbocycles. The number of hydrogen-bond acceptors (Lipinski definition) is 3. The number of hydrogen-bond donors (Lipinski definition) is 2. The van der Waals surface area contributed by atoms with E-state index in [4.69, 9.17) is 10.2 Å².